The molecule has 0 fully saturated rings. The molecule has 0 aliphatic carbocycles. The van der Waals surface area contributed by atoms with Crippen LogP contribution in [0.4, 0.5) is 0 Å². The van der Waals surface area contributed by atoms with Crippen molar-refractivity contribution in [3.05, 3.63) is 35.7 Å². The van der Waals surface area contributed by atoms with Gasteiger partial charge in [-0.2, -0.15) is 0 Å². The van der Waals surface area contributed by atoms with Crippen molar-refractivity contribution in [2.75, 3.05) is 26.8 Å². The average molecular weight is 220 g/mol. The third kappa shape index (κ3) is 5.05. The molecule has 0 atom stereocenters. The van der Waals surface area contributed by atoms with Crippen LogP contribution in [0.1, 0.15) is 18.9 Å². The van der Waals surface area contributed by atoms with Crippen molar-refractivity contribution in [1.29, 1.82) is 0 Å². The molecule has 1 aromatic rings. The number of pyridine rings is 1. The molecule has 0 aromatic carbocycles. The van der Waals surface area contributed by atoms with Crippen LogP contribution in [-0.4, -0.2) is 31.8 Å². The molecule has 1 N–H and O–H groups in total. The molecule has 1 aromatic heterocycles. The van der Waals surface area contributed by atoms with Gasteiger partial charge in [-0.15, -0.1) is 0 Å². The summed E-state index contributed by atoms with van der Waals surface area (Å²) in [5.74, 6) is 0. The molecular formula is C13H20N2O. The Hall–Kier alpha value is -1.19. The highest BCUT2D eigenvalue weighted by molar-refractivity contribution is 5.52. The summed E-state index contributed by atoms with van der Waals surface area (Å²) < 4.78 is 4.99. The fourth-order valence-electron chi connectivity index (χ4n) is 1.40. The van der Waals surface area contributed by atoms with Gasteiger partial charge in [-0.25, -0.2) is 0 Å². The maximum Gasteiger partial charge on any atom is 0.0587 e. The number of nitrogens with one attached hydrogen (secondary N) is 1. The Morgan fingerprint density at radius 1 is 1.44 bits per heavy atom. The van der Waals surface area contributed by atoms with E-state index < -0.39 is 0 Å². The Morgan fingerprint density at radius 2 is 2.19 bits per heavy atom. The van der Waals surface area contributed by atoms with Gasteiger partial charge in [0.25, 0.3) is 0 Å². The van der Waals surface area contributed by atoms with Crippen LogP contribution in [0.2, 0.25) is 0 Å². The summed E-state index contributed by atoms with van der Waals surface area (Å²) in [4.78, 5) is 4.00. The van der Waals surface area contributed by atoms with Crippen LogP contribution in [0.3, 0.4) is 0 Å². The minimum absolute atomic E-state index is 0.756. The van der Waals surface area contributed by atoms with Gasteiger partial charge < -0.3 is 10.1 Å². The maximum atomic E-state index is 4.99. The lowest BCUT2D eigenvalue weighted by Gasteiger charge is -2.07. The van der Waals surface area contributed by atoms with Gasteiger partial charge in [0.15, 0.2) is 0 Å². The number of aromatic nitrogens is 1. The van der Waals surface area contributed by atoms with Crippen LogP contribution < -0.4 is 5.32 Å². The van der Waals surface area contributed by atoms with E-state index in [1.54, 1.807) is 7.11 Å². The van der Waals surface area contributed by atoms with Gasteiger partial charge >= 0.3 is 0 Å². The van der Waals surface area contributed by atoms with E-state index in [1.165, 1.54) is 11.1 Å². The molecular weight excluding hydrogens is 200 g/mol. The Morgan fingerprint density at radius 3 is 2.81 bits per heavy atom. The highest BCUT2D eigenvalue weighted by Gasteiger charge is 1.95. The van der Waals surface area contributed by atoms with Crippen molar-refractivity contribution in [2.24, 2.45) is 0 Å². The summed E-state index contributed by atoms with van der Waals surface area (Å²) in [6, 6.07) is 4.04. The number of ether oxygens (including phenoxy) is 1. The van der Waals surface area contributed by atoms with Crippen LogP contribution in [0.15, 0.2) is 30.1 Å². The Bertz CT molecular complexity index is 309. The second-order valence-electron chi connectivity index (χ2n) is 3.61. The van der Waals surface area contributed by atoms with E-state index in [-0.39, 0.29) is 0 Å². The summed E-state index contributed by atoms with van der Waals surface area (Å²) in [7, 11) is 1.72. The molecule has 0 radical (unpaired) electrons. The molecule has 0 saturated heterocycles. The van der Waals surface area contributed by atoms with Crippen molar-refractivity contribution in [2.45, 2.75) is 13.3 Å². The number of hydrogen-bond donors (Lipinski definition) is 1. The number of rotatable bonds is 7. The van der Waals surface area contributed by atoms with Gasteiger partial charge in [-0.1, -0.05) is 18.6 Å². The standard InChI is InChI=1S/C13H20N2O/c1-3-12(11-15-8-9-16-2)10-13-4-6-14-7-5-13/h4-7,10,15H,3,8-9,11H2,1-2H3. The van der Waals surface area contributed by atoms with Crippen LogP contribution in [0.25, 0.3) is 6.08 Å². The molecule has 0 saturated carbocycles. The summed E-state index contributed by atoms with van der Waals surface area (Å²) >= 11 is 0. The van der Waals surface area contributed by atoms with Gasteiger partial charge in [0.05, 0.1) is 6.61 Å². The third-order valence-corrected chi connectivity index (χ3v) is 2.37. The number of methoxy groups -OCH3 is 1. The lowest BCUT2D eigenvalue weighted by Crippen LogP contribution is -2.21. The van der Waals surface area contributed by atoms with Crippen LogP contribution in [0.5, 0.6) is 0 Å². The largest absolute Gasteiger partial charge is 0.383 e. The molecule has 1 rings (SSSR count). The normalized spacial score (nSPS) is 11.8. The Labute approximate surface area is 97.5 Å². The molecule has 0 bridgehead atoms. The van der Waals surface area contributed by atoms with E-state index >= 15 is 0 Å². The smallest absolute Gasteiger partial charge is 0.0587 e. The number of hydrogen-bond acceptors (Lipinski definition) is 3. The molecule has 88 valence electrons. The first kappa shape index (κ1) is 12.9. The topological polar surface area (TPSA) is 34.2 Å². The lowest BCUT2D eigenvalue weighted by molar-refractivity contribution is 0.200. The van der Waals surface area contributed by atoms with E-state index in [2.05, 4.69) is 23.3 Å². The van der Waals surface area contributed by atoms with E-state index in [0.29, 0.717) is 0 Å². The predicted molar refractivity (Wildman–Crippen MR) is 67.3 cm³/mol. The zero-order valence-corrected chi connectivity index (χ0v) is 10.1. The zero-order valence-electron chi connectivity index (χ0n) is 10.1. The quantitative estimate of drug-likeness (QED) is 0.715. The summed E-state index contributed by atoms with van der Waals surface area (Å²) in [5.41, 5.74) is 2.60. The monoisotopic (exact) mass is 220 g/mol. The van der Waals surface area contributed by atoms with E-state index in [1.807, 2.05) is 24.5 Å². The molecule has 3 nitrogen and oxygen atoms in total. The molecule has 0 aliphatic heterocycles. The second kappa shape index (κ2) is 8.02. The molecule has 0 unspecified atom stereocenters. The highest BCUT2D eigenvalue weighted by atomic mass is 16.5. The first-order valence-corrected chi connectivity index (χ1v) is 5.66. The van der Waals surface area contributed by atoms with Crippen molar-refractivity contribution >= 4 is 6.08 Å². The summed E-state index contributed by atoms with van der Waals surface area (Å²) in [6.45, 7) is 4.74. The molecule has 16 heavy (non-hydrogen) atoms. The summed E-state index contributed by atoms with van der Waals surface area (Å²) in [6.07, 6.45) is 6.90. The van der Waals surface area contributed by atoms with Crippen LogP contribution >= 0.6 is 0 Å². The highest BCUT2D eigenvalue weighted by Crippen LogP contribution is 2.07. The van der Waals surface area contributed by atoms with Gasteiger partial charge in [0.1, 0.15) is 0 Å². The SMILES string of the molecule is CCC(=Cc1ccncc1)CNCCOC. The first-order chi connectivity index (χ1) is 7.86. The van der Waals surface area contributed by atoms with Crippen molar-refractivity contribution < 1.29 is 4.74 Å². The molecule has 3 heteroatoms. The summed E-state index contributed by atoms with van der Waals surface area (Å²) in [5, 5.41) is 3.35. The first-order valence-electron chi connectivity index (χ1n) is 5.66. The predicted octanol–water partition coefficient (Wildman–Crippen LogP) is 2.11. The van der Waals surface area contributed by atoms with Gasteiger partial charge in [0.2, 0.25) is 0 Å². The second-order valence-corrected chi connectivity index (χ2v) is 3.61. The fourth-order valence-corrected chi connectivity index (χ4v) is 1.40. The van der Waals surface area contributed by atoms with E-state index in [9.17, 15) is 0 Å². The fraction of sp³-hybridized carbons (Fsp3) is 0.462. The zero-order chi connectivity index (χ0) is 11.6. The van der Waals surface area contributed by atoms with Crippen molar-refractivity contribution in [1.82, 2.24) is 10.3 Å². The van der Waals surface area contributed by atoms with E-state index in [4.69, 9.17) is 4.74 Å². The van der Waals surface area contributed by atoms with Crippen molar-refractivity contribution in [3.63, 3.8) is 0 Å². The third-order valence-electron chi connectivity index (χ3n) is 2.37. The molecule has 0 spiro atoms. The Balaban J connectivity index is 2.44. The van der Waals surface area contributed by atoms with Gasteiger partial charge in [-0.05, 0) is 24.1 Å². The average Bonchev–Trinajstić information content (AvgIpc) is 2.34. The molecule has 0 aliphatic rings. The number of nitrogens with zero attached hydrogens (tertiary/aromatic N) is 1. The van der Waals surface area contributed by atoms with E-state index in [0.717, 1.165) is 26.1 Å². The minimum atomic E-state index is 0.756. The minimum Gasteiger partial charge on any atom is -0.383 e. The van der Waals surface area contributed by atoms with Gasteiger partial charge in [-0.3, -0.25) is 4.98 Å². The molecule has 1 heterocycles. The molecule has 0 amide bonds. The van der Waals surface area contributed by atoms with Crippen molar-refractivity contribution in [3.8, 4) is 0 Å². The Kier molecular flexibility index (Phi) is 6.45. The lowest BCUT2D eigenvalue weighted by atomic mass is 10.1. The van der Waals surface area contributed by atoms with Gasteiger partial charge in [0, 0.05) is 32.6 Å². The maximum absolute atomic E-state index is 4.99. The van der Waals surface area contributed by atoms with Crippen LogP contribution in [0, 0.1) is 0 Å². The van der Waals surface area contributed by atoms with Crippen LogP contribution in [-0.2, 0) is 4.74 Å².